The lowest BCUT2D eigenvalue weighted by molar-refractivity contribution is -0.114. The SMILES string of the molecule is COc1ccc2sc(N(CCN(C)C)C(=O)C=Cc3cccs3)nc2c1. The molecule has 1 aromatic carbocycles. The average Bonchev–Trinajstić information content (AvgIpc) is 3.28. The molecule has 0 aliphatic carbocycles. The van der Waals surface area contributed by atoms with Gasteiger partial charge in [-0.3, -0.25) is 9.69 Å². The van der Waals surface area contributed by atoms with Crippen LogP contribution < -0.4 is 9.64 Å². The van der Waals surface area contributed by atoms with Crippen molar-refractivity contribution in [2.24, 2.45) is 0 Å². The highest BCUT2D eigenvalue weighted by atomic mass is 32.1. The van der Waals surface area contributed by atoms with Crippen LogP contribution in [-0.4, -0.2) is 50.1 Å². The molecular weight excluding hydrogens is 366 g/mol. The summed E-state index contributed by atoms with van der Waals surface area (Å²) in [5, 5.41) is 2.70. The zero-order valence-corrected chi connectivity index (χ0v) is 16.6. The minimum absolute atomic E-state index is 0.0636. The van der Waals surface area contributed by atoms with Gasteiger partial charge < -0.3 is 9.64 Å². The Morgan fingerprint density at radius 1 is 1.27 bits per heavy atom. The third-order valence-corrected chi connectivity index (χ3v) is 5.68. The number of nitrogens with zero attached hydrogens (tertiary/aromatic N) is 3. The minimum atomic E-state index is -0.0636. The van der Waals surface area contributed by atoms with Crippen molar-refractivity contribution in [1.29, 1.82) is 0 Å². The van der Waals surface area contributed by atoms with E-state index in [1.54, 1.807) is 29.4 Å². The molecule has 0 fully saturated rings. The Labute approximate surface area is 161 Å². The Morgan fingerprint density at radius 2 is 2.12 bits per heavy atom. The average molecular weight is 388 g/mol. The summed E-state index contributed by atoms with van der Waals surface area (Å²) in [5.41, 5.74) is 0.842. The molecule has 2 heterocycles. The first kappa shape index (κ1) is 18.6. The van der Waals surface area contributed by atoms with E-state index in [0.717, 1.165) is 27.4 Å². The number of methoxy groups -OCH3 is 1. The summed E-state index contributed by atoms with van der Waals surface area (Å²) in [6.45, 7) is 1.34. The van der Waals surface area contributed by atoms with Crippen LogP contribution >= 0.6 is 22.7 Å². The molecule has 3 rings (SSSR count). The Bertz CT molecular complexity index is 901. The van der Waals surface area contributed by atoms with Crippen molar-refractivity contribution in [1.82, 2.24) is 9.88 Å². The number of thiophene rings is 1. The van der Waals surface area contributed by atoms with Crippen LogP contribution in [0.25, 0.3) is 16.3 Å². The second kappa shape index (κ2) is 8.44. The van der Waals surface area contributed by atoms with Crippen LogP contribution in [0.15, 0.2) is 41.8 Å². The van der Waals surface area contributed by atoms with Gasteiger partial charge in [-0.1, -0.05) is 17.4 Å². The topological polar surface area (TPSA) is 45.7 Å². The Morgan fingerprint density at radius 3 is 2.81 bits per heavy atom. The van der Waals surface area contributed by atoms with E-state index in [1.807, 2.05) is 55.9 Å². The summed E-state index contributed by atoms with van der Waals surface area (Å²) in [5.74, 6) is 0.699. The van der Waals surface area contributed by atoms with Gasteiger partial charge in [-0.2, -0.15) is 0 Å². The zero-order valence-electron chi connectivity index (χ0n) is 15.0. The number of anilines is 1. The number of aromatic nitrogens is 1. The Hall–Kier alpha value is -2.22. The van der Waals surface area contributed by atoms with Crippen molar-refractivity contribution in [2.75, 3.05) is 39.2 Å². The number of benzene rings is 1. The van der Waals surface area contributed by atoms with Crippen LogP contribution in [0.1, 0.15) is 4.88 Å². The van der Waals surface area contributed by atoms with Gasteiger partial charge in [0, 0.05) is 30.1 Å². The highest BCUT2D eigenvalue weighted by molar-refractivity contribution is 7.22. The van der Waals surface area contributed by atoms with Crippen molar-refractivity contribution >= 4 is 50.0 Å². The van der Waals surface area contributed by atoms with Gasteiger partial charge in [0.15, 0.2) is 5.13 Å². The molecule has 0 unspecified atom stereocenters. The molecule has 2 aromatic heterocycles. The van der Waals surface area contributed by atoms with Crippen LogP contribution in [0.3, 0.4) is 0 Å². The first-order valence-electron chi connectivity index (χ1n) is 8.19. The molecule has 7 heteroatoms. The Kier molecular flexibility index (Phi) is 6.03. The summed E-state index contributed by atoms with van der Waals surface area (Å²) < 4.78 is 6.30. The second-order valence-corrected chi connectivity index (χ2v) is 7.96. The molecule has 0 radical (unpaired) electrons. The van der Waals surface area contributed by atoms with Crippen LogP contribution in [0.5, 0.6) is 5.75 Å². The van der Waals surface area contributed by atoms with Crippen molar-refractivity contribution in [2.45, 2.75) is 0 Å². The van der Waals surface area contributed by atoms with Gasteiger partial charge in [-0.15, -0.1) is 11.3 Å². The van der Waals surface area contributed by atoms with Crippen molar-refractivity contribution in [3.8, 4) is 5.75 Å². The number of amides is 1. The maximum atomic E-state index is 12.8. The molecule has 0 N–H and O–H groups in total. The predicted octanol–water partition coefficient (Wildman–Crippen LogP) is 3.97. The largest absolute Gasteiger partial charge is 0.497 e. The molecule has 0 aliphatic heterocycles. The van der Waals surface area contributed by atoms with Crippen molar-refractivity contribution < 1.29 is 9.53 Å². The molecule has 1 amide bonds. The van der Waals surface area contributed by atoms with Gasteiger partial charge in [0.05, 0.1) is 17.3 Å². The van der Waals surface area contributed by atoms with E-state index < -0.39 is 0 Å². The maximum Gasteiger partial charge on any atom is 0.252 e. The summed E-state index contributed by atoms with van der Waals surface area (Å²) >= 11 is 3.12. The van der Waals surface area contributed by atoms with Gasteiger partial charge in [-0.25, -0.2) is 4.98 Å². The van der Waals surface area contributed by atoms with Crippen LogP contribution in [0.2, 0.25) is 0 Å². The lowest BCUT2D eigenvalue weighted by Crippen LogP contribution is -2.35. The monoisotopic (exact) mass is 387 g/mol. The van der Waals surface area contributed by atoms with Crippen LogP contribution in [0.4, 0.5) is 5.13 Å². The lowest BCUT2D eigenvalue weighted by atomic mass is 10.3. The molecule has 0 atom stereocenters. The number of thiazole rings is 1. The lowest BCUT2D eigenvalue weighted by Gasteiger charge is -2.20. The molecule has 136 valence electrons. The fourth-order valence-corrected chi connectivity index (χ4v) is 3.96. The summed E-state index contributed by atoms with van der Waals surface area (Å²) in [7, 11) is 5.62. The van der Waals surface area contributed by atoms with Crippen molar-refractivity contribution in [3.05, 3.63) is 46.7 Å². The summed E-state index contributed by atoms with van der Waals surface area (Å²) in [6.07, 6.45) is 3.47. The minimum Gasteiger partial charge on any atom is -0.497 e. The van der Waals surface area contributed by atoms with E-state index in [2.05, 4.69) is 9.88 Å². The summed E-state index contributed by atoms with van der Waals surface area (Å²) in [4.78, 5) is 22.3. The van der Waals surface area contributed by atoms with Gasteiger partial charge in [0.1, 0.15) is 5.75 Å². The number of hydrogen-bond acceptors (Lipinski definition) is 6. The van der Waals surface area contributed by atoms with E-state index >= 15 is 0 Å². The highest BCUT2D eigenvalue weighted by Crippen LogP contribution is 2.31. The first-order valence-corrected chi connectivity index (χ1v) is 9.89. The standard InChI is InChI=1S/C19H21N3O2S2/c1-21(2)10-11-22(18(23)9-7-15-5-4-12-25-15)19-20-16-13-14(24-3)6-8-17(16)26-19/h4-9,12-13H,10-11H2,1-3H3. The molecule has 26 heavy (non-hydrogen) atoms. The summed E-state index contributed by atoms with van der Waals surface area (Å²) in [6, 6.07) is 9.74. The van der Waals surface area contributed by atoms with Crippen LogP contribution in [0, 0.1) is 0 Å². The number of likely N-dealkylation sites (N-methyl/N-ethyl adjacent to an activating group) is 1. The number of ether oxygens (including phenoxy) is 1. The van der Waals surface area contributed by atoms with E-state index in [9.17, 15) is 4.79 Å². The normalized spacial score (nSPS) is 11.5. The Balaban J connectivity index is 1.88. The molecule has 0 aliphatic rings. The molecular formula is C19H21N3O2S2. The third kappa shape index (κ3) is 4.49. The maximum absolute atomic E-state index is 12.8. The number of rotatable bonds is 7. The van der Waals surface area contributed by atoms with Gasteiger partial charge >= 0.3 is 0 Å². The number of fused-ring (bicyclic) bond motifs is 1. The molecule has 0 spiro atoms. The van der Waals surface area contributed by atoms with Gasteiger partial charge in [-0.05, 0) is 43.8 Å². The van der Waals surface area contributed by atoms with Crippen LogP contribution in [-0.2, 0) is 4.79 Å². The fourth-order valence-electron chi connectivity index (χ4n) is 2.37. The van der Waals surface area contributed by atoms with Gasteiger partial charge in [0.25, 0.3) is 5.91 Å². The number of carbonyl (C=O) groups is 1. The molecule has 0 bridgehead atoms. The predicted molar refractivity (Wildman–Crippen MR) is 110 cm³/mol. The smallest absolute Gasteiger partial charge is 0.252 e. The molecule has 0 saturated carbocycles. The van der Waals surface area contributed by atoms with E-state index in [-0.39, 0.29) is 5.91 Å². The number of hydrogen-bond donors (Lipinski definition) is 0. The molecule has 5 nitrogen and oxygen atoms in total. The fraction of sp³-hybridized carbons (Fsp3) is 0.263. The number of carbonyl (C=O) groups excluding carboxylic acids is 1. The molecule has 3 aromatic rings. The van der Waals surface area contributed by atoms with E-state index in [0.29, 0.717) is 11.7 Å². The zero-order chi connectivity index (χ0) is 18.5. The molecule has 0 saturated heterocycles. The van der Waals surface area contributed by atoms with E-state index in [4.69, 9.17) is 4.74 Å². The van der Waals surface area contributed by atoms with Crippen molar-refractivity contribution in [3.63, 3.8) is 0 Å². The highest BCUT2D eigenvalue weighted by Gasteiger charge is 2.18. The van der Waals surface area contributed by atoms with E-state index in [1.165, 1.54) is 11.3 Å². The second-order valence-electron chi connectivity index (χ2n) is 5.97. The first-order chi connectivity index (χ1) is 12.6. The third-order valence-electron chi connectivity index (χ3n) is 3.78. The quantitative estimate of drug-likeness (QED) is 0.576. The van der Waals surface area contributed by atoms with Gasteiger partial charge in [0.2, 0.25) is 0 Å².